The molecule has 4 saturated carbocycles. The Bertz CT molecular complexity index is 633. The summed E-state index contributed by atoms with van der Waals surface area (Å²) in [4.78, 5) is 12.7. The molecule has 1 amide bonds. The number of hydrazone groups is 1. The highest BCUT2D eigenvalue weighted by atomic mass is 16.3. The summed E-state index contributed by atoms with van der Waals surface area (Å²) >= 11 is 0. The first-order valence-electron chi connectivity index (χ1n) is 8.39. The Morgan fingerprint density at radius 2 is 1.74 bits per heavy atom. The van der Waals surface area contributed by atoms with E-state index in [2.05, 4.69) is 10.5 Å². The maximum absolute atomic E-state index is 12.7. The summed E-state index contributed by atoms with van der Waals surface area (Å²) in [5, 5.41) is 23.0. The highest BCUT2D eigenvalue weighted by Crippen LogP contribution is 2.60. The highest BCUT2D eigenvalue weighted by molar-refractivity contribution is 5.87. The molecule has 5 heteroatoms. The Hall–Kier alpha value is -2.04. The third kappa shape index (κ3) is 2.58. The van der Waals surface area contributed by atoms with E-state index in [9.17, 15) is 15.0 Å². The third-order valence-electron chi connectivity index (χ3n) is 5.90. The molecule has 23 heavy (non-hydrogen) atoms. The second kappa shape index (κ2) is 5.25. The van der Waals surface area contributed by atoms with E-state index < -0.39 is 0 Å². The molecule has 4 bridgehead atoms. The number of rotatable bonds is 3. The number of hydrogen-bond donors (Lipinski definition) is 3. The SMILES string of the molecule is O=C(N/N=C\c1ccc(O)cc1O)C12CC3CC(CC(C3)C1)C2. The van der Waals surface area contributed by atoms with Crippen LogP contribution in [0.5, 0.6) is 11.5 Å². The van der Waals surface area contributed by atoms with Gasteiger partial charge in [-0.3, -0.25) is 4.79 Å². The molecule has 4 aliphatic carbocycles. The number of carbonyl (C=O) groups excluding carboxylic acids is 1. The summed E-state index contributed by atoms with van der Waals surface area (Å²) in [5.41, 5.74) is 2.93. The smallest absolute Gasteiger partial charge is 0.246 e. The van der Waals surface area contributed by atoms with Crippen LogP contribution in [0.25, 0.3) is 0 Å². The van der Waals surface area contributed by atoms with Crippen LogP contribution in [0.4, 0.5) is 0 Å². The molecule has 4 fully saturated rings. The van der Waals surface area contributed by atoms with Crippen molar-refractivity contribution in [3.63, 3.8) is 0 Å². The lowest BCUT2D eigenvalue weighted by Gasteiger charge is -2.55. The van der Waals surface area contributed by atoms with Crippen LogP contribution in [-0.2, 0) is 4.79 Å². The van der Waals surface area contributed by atoms with Crippen molar-refractivity contribution >= 4 is 12.1 Å². The van der Waals surface area contributed by atoms with Gasteiger partial charge in [-0.2, -0.15) is 5.10 Å². The van der Waals surface area contributed by atoms with Crippen molar-refractivity contribution in [1.29, 1.82) is 0 Å². The van der Waals surface area contributed by atoms with Crippen molar-refractivity contribution in [3.05, 3.63) is 23.8 Å². The lowest BCUT2D eigenvalue weighted by molar-refractivity contribution is -0.146. The van der Waals surface area contributed by atoms with Gasteiger partial charge in [-0.15, -0.1) is 0 Å². The first kappa shape index (κ1) is 14.5. The highest BCUT2D eigenvalue weighted by Gasteiger charge is 2.54. The Morgan fingerprint density at radius 3 is 2.30 bits per heavy atom. The van der Waals surface area contributed by atoms with E-state index in [-0.39, 0.29) is 22.8 Å². The zero-order valence-electron chi connectivity index (χ0n) is 13.0. The number of carbonyl (C=O) groups is 1. The third-order valence-corrected chi connectivity index (χ3v) is 5.90. The van der Waals surface area contributed by atoms with Crippen molar-refractivity contribution < 1.29 is 15.0 Å². The van der Waals surface area contributed by atoms with Crippen LogP contribution in [0.2, 0.25) is 0 Å². The topological polar surface area (TPSA) is 81.9 Å². The Morgan fingerprint density at radius 1 is 1.13 bits per heavy atom. The molecule has 5 nitrogen and oxygen atoms in total. The van der Waals surface area contributed by atoms with Gasteiger partial charge in [0.1, 0.15) is 11.5 Å². The van der Waals surface area contributed by atoms with Crippen LogP contribution >= 0.6 is 0 Å². The Kier molecular flexibility index (Phi) is 3.32. The number of benzene rings is 1. The number of nitrogens with zero attached hydrogens (tertiary/aromatic N) is 1. The van der Waals surface area contributed by atoms with E-state index in [4.69, 9.17) is 0 Å². The lowest BCUT2D eigenvalue weighted by Crippen LogP contribution is -2.52. The van der Waals surface area contributed by atoms with Gasteiger partial charge in [0.2, 0.25) is 5.91 Å². The minimum absolute atomic E-state index is 0.00254. The molecule has 0 aliphatic heterocycles. The standard InChI is InChI=1S/C18H22N2O3/c21-15-2-1-14(16(22)6-15)10-19-20-17(23)18-7-11-3-12(8-18)5-13(4-11)9-18/h1-2,6,10-13,21-22H,3-5,7-9H2,(H,20,23)/b19-10-. The Balaban J connectivity index is 1.45. The summed E-state index contributed by atoms with van der Waals surface area (Å²) in [7, 11) is 0. The lowest BCUT2D eigenvalue weighted by atomic mass is 9.49. The van der Waals surface area contributed by atoms with Crippen LogP contribution in [0, 0.1) is 23.2 Å². The fourth-order valence-electron chi connectivity index (χ4n) is 5.31. The van der Waals surface area contributed by atoms with Crippen LogP contribution in [0.3, 0.4) is 0 Å². The van der Waals surface area contributed by atoms with Crippen molar-refractivity contribution in [2.45, 2.75) is 38.5 Å². The number of nitrogens with one attached hydrogen (secondary N) is 1. The number of phenols is 2. The van der Waals surface area contributed by atoms with E-state index >= 15 is 0 Å². The van der Waals surface area contributed by atoms with Crippen LogP contribution in [-0.4, -0.2) is 22.3 Å². The van der Waals surface area contributed by atoms with Gasteiger partial charge in [-0.25, -0.2) is 5.43 Å². The molecule has 5 rings (SSSR count). The molecule has 0 aromatic heterocycles. The minimum atomic E-state index is -0.219. The molecule has 0 heterocycles. The molecule has 0 radical (unpaired) electrons. The fraction of sp³-hybridized carbons (Fsp3) is 0.556. The van der Waals surface area contributed by atoms with Gasteiger partial charge >= 0.3 is 0 Å². The summed E-state index contributed by atoms with van der Waals surface area (Å²) in [6.45, 7) is 0. The first-order valence-corrected chi connectivity index (χ1v) is 8.39. The van der Waals surface area contributed by atoms with Crippen LogP contribution in [0.15, 0.2) is 23.3 Å². The number of amides is 1. The fourth-order valence-corrected chi connectivity index (χ4v) is 5.31. The van der Waals surface area contributed by atoms with Gasteiger partial charge in [0, 0.05) is 11.6 Å². The van der Waals surface area contributed by atoms with E-state index in [1.807, 2.05) is 0 Å². The van der Waals surface area contributed by atoms with E-state index in [0.717, 1.165) is 37.0 Å². The minimum Gasteiger partial charge on any atom is -0.508 e. The van der Waals surface area contributed by atoms with Crippen LogP contribution in [0.1, 0.15) is 44.1 Å². The zero-order chi connectivity index (χ0) is 16.0. The predicted molar refractivity (Wildman–Crippen MR) is 86.1 cm³/mol. The Labute approximate surface area is 135 Å². The monoisotopic (exact) mass is 314 g/mol. The molecule has 4 aliphatic rings. The summed E-state index contributed by atoms with van der Waals surface area (Å²) in [6, 6.07) is 4.29. The summed E-state index contributed by atoms with van der Waals surface area (Å²) in [6.07, 6.45) is 8.35. The van der Waals surface area contributed by atoms with Gasteiger partial charge in [0.05, 0.1) is 11.6 Å². The van der Waals surface area contributed by atoms with Crippen molar-refractivity contribution in [2.24, 2.45) is 28.3 Å². The quantitative estimate of drug-likeness (QED) is 0.592. The number of phenolic OH excluding ortho intramolecular Hbond substituents is 2. The number of aromatic hydroxyl groups is 2. The summed E-state index contributed by atoms with van der Waals surface area (Å²) in [5.74, 6) is 2.13. The van der Waals surface area contributed by atoms with Gasteiger partial charge in [-0.05, 0) is 68.4 Å². The molecule has 0 atom stereocenters. The molecule has 0 spiro atoms. The second-order valence-corrected chi connectivity index (χ2v) is 7.64. The molecular weight excluding hydrogens is 292 g/mol. The van der Waals surface area contributed by atoms with Gasteiger partial charge in [0.15, 0.2) is 0 Å². The molecule has 3 N–H and O–H groups in total. The van der Waals surface area contributed by atoms with Crippen LogP contribution < -0.4 is 5.43 Å². The average molecular weight is 314 g/mol. The first-order chi connectivity index (χ1) is 11.0. The van der Waals surface area contributed by atoms with Gasteiger partial charge in [0.25, 0.3) is 0 Å². The molecule has 122 valence electrons. The van der Waals surface area contributed by atoms with E-state index in [0.29, 0.717) is 5.56 Å². The molecular formula is C18H22N2O3. The molecule has 1 aromatic carbocycles. The predicted octanol–water partition coefficient (Wildman–Crippen LogP) is 2.76. The zero-order valence-corrected chi connectivity index (χ0v) is 13.0. The van der Waals surface area contributed by atoms with E-state index in [1.165, 1.54) is 37.6 Å². The normalized spacial score (nSPS) is 34.9. The molecule has 0 saturated heterocycles. The molecule has 1 aromatic rings. The average Bonchev–Trinajstić information content (AvgIpc) is 2.48. The number of hydrogen-bond acceptors (Lipinski definition) is 4. The maximum atomic E-state index is 12.7. The maximum Gasteiger partial charge on any atom is 0.246 e. The van der Waals surface area contributed by atoms with Crippen molar-refractivity contribution in [2.75, 3.05) is 0 Å². The largest absolute Gasteiger partial charge is 0.508 e. The second-order valence-electron chi connectivity index (χ2n) is 7.64. The molecule has 0 unspecified atom stereocenters. The van der Waals surface area contributed by atoms with Crippen molar-refractivity contribution in [3.8, 4) is 11.5 Å². The van der Waals surface area contributed by atoms with E-state index in [1.54, 1.807) is 6.07 Å². The van der Waals surface area contributed by atoms with Gasteiger partial charge in [-0.1, -0.05) is 0 Å². The van der Waals surface area contributed by atoms with Crippen molar-refractivity contribution in [1.82, 2.24) is 5.43 Å². The summed E-state index contributed by atoms with van der Waals surface area (Å²) < 4.78 is 0. The van der Waals surface area contributed by atoms with Gasteiger partial charge < -0.3 is 10.2 Å².